The fourth-order valence-electron chi connectivity index (χ4n) is 1.59. The van der Waals surface area contributed by atoms with E-state index in [1.54, 1.807) is 24.3 Å². The Bertz CT molecular complexity index is 496. The molecule has 17 heavy (non-hydrogen) atoms. The standard InChI is InChI=1S/C11H9ClN2O3/c12-11-4-3-8(6-13-11)9(7-14(15)16)10-2-1-5-17-10/h1-6,9H,7H2. The normalized spacial score (nSPS) is 12.3. The third-order valence-electron chi connectivity index (χ3n) is 2.37. The summed E-state index contributed by atoms with van der Waals surface area (Å²) < 4.78 is 5.22. The van der Waals surface area contributed by atoms with E-state index in [0.29, 0.717) is 16.5 Å². The zero-order valence-electron chi connectivity index (χ0n) is 8.75. The molecular formula is C11H9ClN2O3. The van der Waals surface area contributed by atoms with Crippen LogP contribution in [-0.2, 0) is 0 Å². The molecule has 2 rings (SSSR count). The van der Waals surface area contributed by atoms with Crippen LogP contribution in [0.2, 0.25) is 5.15 Å². The SMILES string of the molecule is O=[N+]([O-])CC(c1ccc(Cl)nc1)c1ccco1. The number of rotatable bonds is 4. The van der Waals surface area contributed by atoms with E-state index >= 15 is 0 Å². The maximum Gasteiger partial charge on any atom is 0.217 e. The Labute approximate surface area is 102 Å². The van der Waals surface area contributed by atoms with Crippen LogP contribution in [0.1, 0.15) is 17.2 Å². The molecule has 0 aliphatic carbocycles. The molecule has 0 spiro atoms. The van der Waals surface area contributed by atoms with Crippen molar-refractivity contribution in [2.75, 3.05) is 6.54 Å². The molecule has 0 fully saturated rings. The molecule has 0 bridgehead atoms. The van der Waals surface area contributed by atoms with Gasteiger partial charge in [0.25, 0.3) is 0 Å². The second-order valence-corrected chi connectivity index (χ2v) is 3.88. The molecule has 1 unspecified atom stereocenters. The van der Waals surface area contributed by atoms with Crippen molar-refractivity contribution in [3.8, 4) is 0 Å². The van der Waals surface area contributed by atoms with Gasteiger partial charge in [-0.15, -0.1) is 0 Å². The largest absolute Gasteiger partial charge is 0.468 e. The Hall–Kier alpha value is -1.88. The highest BCUT2D eigenvalue weighted by Gasteiger charge is 2.22. The zero-order valence-corrected chi connectivity index (χ0v) is 9.50. The Morgan fingerprint density at radius 2 is 2.29 bits per heavy atom. The van der Waals surface area contributed by atoms with Crippen LogP contribution in [0.3, 0.4) is 0 Å². The summed E-state index contributed by atoms with van der Waals surface area (Å²) in [6.45, 7) is -0.239. The Kier molecular flexibility index (Phi) is 3.39. The van der Waals surface area contributed by atoms with Crippen molar-refractivity contribution in [2.24, 2.45) is 0 Å². The molecule has 0 saturated heterocycles. The maximum atomic E-state index is 10.7. The van der Waals surface area contributed by atoms with Crippen LogP contribution in [0.5, 0.6) is 0 Å². The molecule has 2 heterocycles. The van der Waals surface area contributed by atoms with Gasteiger partial charge in [-0.1, -0.05) is 17.7 Å². The van der Waals surface area contributed by atoms with E-state index in [1.165, 1.54) is 12.5 Å². The first-order valence-electron chi connectivity index (χ1n) is 4.93. The van der Waals surface area contributed by atoms with Crippen molar-refractivity contribution in [3.05, 3.63) is 63.3 Å². The molecule has 0 amide bonds. The molecule has 0 aliphatic heterocycles. The van der Waals surface area contributed by atoms with Crippen LogP contribution in [0.15, 0.2) is 41.1 Å². The second-order valence-electron chi connectivity index (χ2n) is 3.50. The monoisotopic (exact) mass is 252 g/mol. The van der Waals surface area contributed by atoms with Gasteiger partial charge in [0.05, 0.1) is 6.26 Å². The predicted molar refractivity (Wildman–Crippen MR) is 61.7 cm³/mol. The number of hydrogen-bond acceptors (Lipinski definition) is 4. The van der Waals surface area contributed by atoms with E-state index in [2.05, 4.69) is 4.98 Å². The highest BCUT2D eigenvalue weighted by atomic mass is 35.5. The summed E-state index contributed by atoms with van der Waals surface area (Å²) in [4.78, 5) is 14.2. The van der Waals surface area contributed by atoms with Gasteiger partial charge in [0.2, 0.25) is 6.54 Å². The van der Waals surface area contributed by atoms with Crippen molar-refractivity contribution < 1.29 is 9.34 Å². The first-order valence-corrected chi connectivity index (χ1v) is 5.31. The zero-order chi connectivity index (χ0) is 12.3. The van der Waals surface area contributed by atoms with Gasteiger partial charge >= 0.3 is 0 Å². The molecule has 0 radical (unpaired) electrons. The van der Waals surface area contributed by atoms with Crippen molar-refractivity contribution >= 4 is 11.6 Å². The number of nitro groups is 1. The summed E-state index contributed by atoms with van der Waals surface area (Å²) in [5.41, 5.74) is 0.709. The third kappa shape index (κ3) is 2.82. The van der Waals surface area contributed by atoms with Crippen LogP contribution in [0.4, 0.5) is 0 Å². The molecule has 0 aromatic carbocycles. The van der Waals surface area contributed by atoms with Gasteiger partial charge in [0.1, 0.15) is 16.8 Å². The van der Waals surface area contributed by atoms with Crippen LogP contribution in [-0.4, -0.2) is 16.5 Å². The van der Waals surface area contributed by atoms with E-state index in [4.69, 9.17) is 16.0 Å². The van der Waals surface area contributed by atoms with Gasteiger partial charge in [-0.05, 0) is 23.8 Å². The molecule has 2 aromatic heterocycles. The predicted octanol–water partition coefficient (Wildman–Crippen LogP) is 2.74. The molecule has 0 N–H and O–H groups in total. The number of halogens is 1. The molecular weight excluding hydrogens is 244 g/mol. The number of hydrogen-bond donors (Lipinski definition) is 0. The molecule has 88 valence electrons. The Morgan fingerprint density at radius 1 is 1.47 bits per heavy atom. The molecule has 0 aliphatic rings. The number of pyridine rings is 1. The minimum atomic E-state index is -0.440. The number of furan rings is 1. The first kappa shape index (κ1) is 11.6. The summed E-state index contributed by atoms with van der Waals surface area (Å²) in [6.07, 6.45) is 3.02. The van der Waals surface area contributed by atoms with E-state index in [1.807, 2.05) is 0 Å². The molecule has 5 nitrogen and oxygen atoms in total. The van der Waals surface area contributed by atoms with Gasteiger partial charge < -0.3 is 4.42 Å². The van der Waals surface area contributed by atoms with Crippen molar-refractivity contribution in [1.82, 2.24) is 4.98 Å². The van der Waals surface area contributed by atoms with Crippen molar-refractivity contribution in [3.63, 3.8) is 0 Å². The molecule has 1 atom stereocenters. The van der Waals surface area contributed by atoms with E-state index in [-0.39, 0.29) is 11.5 Å². The average Bonchev–Trinajstić information content (AvgIpc) is 2.80. The van der Waals surface area contributed by atoms with E-state index < -0.39 is 5.92 Å². The first-order chi connectivity index (χ1) is 8.16. The van der Waals surface area contributed by atoms with Crippen molar-refractivity contribution in [2.45, 2.75) is 5.92 Å². The summed E-state index contributed by atoms with van der Waals surface area (Å²) in [5, 5.41) is 11.0. The highest BCUT2D eigenvalue weighted by molar-refractivity contribution is 6.29. The Morgan fingerprint density at radius 3 is 2.82 bits per heavy atom. The molecule has 6 heteroatoms. The number of nitrogens with zero attached hydrogens (tertiary/aromatic N) is 2. The lowest BCUT2D eigenvalue weighted by atomic mass is 9.98. The van der Waals surface area contributed by atoms with E-state index in [9.17, 15) is 10.1 Å². The number of aromatic nitrogens is 1. The summed E-state index contributed by atoms with van der Waals surface area (Å²) in [6, 6.07) is 6.73. The Balaban J connectivity index is 2.33. The minimum Gasteiger partial charge on any atom is -0.468 e. The van der Waals surface area contributed by atoms with E-state index in [0.717, 1.165) is 0 Å². The highest BCUT2D eigenvalue weighted by Crippen LogP contribution is 2.25. The van der Waals surface area contributed by atoms with Crippen LogP contribution >= 0.6 is 11.6 Å². The topological polar surface area (TPSA) is 69.2 Å². The fourth-order valence-corrected chi connectivity index (χ4v) is 1.70. The van der Waals surface area contributed by atoms with Gasteiger partial charge in [-0.3, -0.25) is 10.1 Å². The van der Waals surface area contributed by atoms with Gasteiger partial charge in [0, 0.05) is 11.1 Å². The fraction of sp³-hybridized carbons (Fsp3) is 0.182. The maximum absolute atomic E-state index is 10.7. The van der Waals surface area contributed by atoms with Gasteiger partial charge in [-0.2, -0.15) is 0 Å². The summed E-state index contributed by atoms with van der Waals surface area (Å²) in [5.74, 6) is 0.107. The summed E-state index contributed by atoms with van der Waals surface area (Å²) >= 11 is 5.68. The average molecular weight is 253 g/mol. The molecule has 2 aromatic rings. The lowest BCUT2D eigenvalue weighted by Gasteiger charge is -2.09. The van der Waals surface area contributed by atoms with Gasteiger partial charge in [-0.25, -0.2) is 4.98 Å². The smallest absolute Gasteiger partial charge is 0.217 e. The van der Waals surface area contributed by atoms with Crippen LogP contribution in [0.25, 0.3) is 0 Å². The third-order valence-corrected chi connectivity index (χ3v) is 2.59. The molecule has 0 saturated carbocycles. The van der Waals surface area contributed by atoms with Crippen molar-refractivity contribution in [1.29, 1.82) is 0 Å². The minimum absolute atomic E-state index is 0.239. The quantitative estimate of drug-likeness (QED) is 0.477. The lowest BCUT2D eigenvalue weighted by Crippen LogP contribution is -2.13. The van der Waals surface area contributed by atoms with Crippen LogP contribution in [0, 0.1) is 10.1 Å². The van der Waals surface area contributed by atoms with Crippen LogP contribution < -0.4 is 0 Å². The summed E-state index contributed by atoms with van der Waals surface area (Å²) in [7, 11) is 0. The van der Waals surface area contributed by atoms with Gasteiger partial charge in [0.15, 0.2) is 0 Å². The lowest BCUT2D eigenvalue weighted by molar-refractivity contribution is -0.482. The second kappa shape index (κ2) is 4.97.